The standard InChI is InChI=1S/C22H27NO2/c1-23-19(15-21(24)17-9-4-2-5-10-17)13-8-14-20(23)16-22(25)18-11-6-3-7-12-18/h2-7,9-12,19-21,24H,8,13-16H2,1H3/t19-,20+,21+/m0/s1/i2D,3D,4D,5D,6D,7D,9D,10D,11D,12D. The third kappa shape index (κ3) is 4.56. The predicted octanol–water partition coefficient (Wildman–Crippen LogP) is 4.24. The largest absolute Gasteiger partial charge is 0.388 e. The van der Waals surface area contributed by atoms with Crippen molar-refractivity contribution in [1.82, 2.24) is 4.90 Å². The Bertz CT molecular complexity index is 1110. The molecule has 1 saturated heterocycles. The first-order valence-electron chi connectivity index (χ1n) is 13.4. The van der Waals surface area contributed by atoms with E-state index in [2.05, 4.69) is 0 Å². The summed E-state index contributed by atoms with van der Waals surface area (Å²) in [4.78, 5) is 14.9. The summed E-state index contributed by atoms with van der Waals surface area (Å²) in [6, 6.07) is -5.79. The summed E-state index contributed by atoms with van der Waals surface area (Å²) >= 11 is 0. The molecule has 1 aliphatic heterocycles. The molecule has 0 aliphatic carbocycles. The molecular formula is C22H27NO2. The van der Waals surface area contributed by atoms with Crippen molar-refractivity contribution in [2.45, 2.75) is 50.3 Å². The molecule has 1 heterocycles. The molecule has 0 radical (unpaired) electrons. The number of hydrogen-bond acceptors (Lipinski definition) is 3. The molecule has 0 bridgehead atoms. The highest BCUT2D eigenvalue weighted by Gasteiger charge is 2.30. The van der Waals surface area contributed by atoms with Crippen molar-refractivity contribution in [3.05, 3.63) is 71.6 Å². The summed E-state index contributed by atoms with van der Waals surface area (Å²) in [5.74, 6) is -0.564. The number of carbonyl (C=O) groups is 1. The van der Waals surface area contributed by atoms with Crippen LogP contribution < -0.4 is 0 Å². The Kier molecular flexibility index (Phi) is 3.07. The van der Waals surface area contributed by atoms with Crippen molar-refractivity contribution >= 4 is 5.78 Å². The van der Waals surface area contributed by atoms with E-state index in [1.807, 2.05) is 4.90 Å². The highest BCUT2D eigenvalue weighted by atomic mass is 16.3. The lowest BCUT2D eigenvalue weighted by atomic mass is 9.88. The Hall–Kier alpha value is -1.97. The normalized spacial score (nSPS) is 28.1. The van der Waals surface area contributed by atoms with Crippen LogP contribution in [0.2, 0.25) is 0 Å². The highest BCUT2D eigenvalue weighted by molar-refractivity contribution is 5.96. The van der Waals surface area contributed by atoms with Gasteiger partial charge < -0.3 is 5.11 Å². The summed E-state index contributed by atoms with van der Waals surface area (Å²) in [5.41, 5.74) is -0.507. The van der Waals surface area contributed by atoms with E-state index >= 15 is 0 Å². The Morgan fingerprint density at radius 1 is 1.12 bits per heavy atom. The molecule has 3 heteroatoms. The van der Waals surface area contributed by atoms with Gasteiger partial charge in [0.1, 0.15) is 0 Å². The first-order chi connectivity index (χ1) is 16.3. The van der Waals surface area contributed by atoms with Gasteiger partial charge in [-0.2, -0.15) is 0 Å². The zero-order valence-corrected chi connectivity index (χ0v) is 14.1. The fourth-order valence-corrected chi connectivity index (χ4v) is 3.33. The molecule has 25 heavy (non-hydrogen) atoms. The molecule has 2 aromatic rings. The van der Waals surface area contributed by atoms with Gasteiger partial charge in [0.15, 0.2) is 5.78 Å². The van der Waals surface area contributed by atoms with Crippen LogP contribution in [0.1, 0.15) is 67.8 Å². The Morgan fingerprint density at radius 3 is 2.40 bits per heavy atom. The van der Waals surface area contributed by atoms with E-state index in [1.54, 1.807) is 7.05 Å². The van der Waals surface area contributed by atoms with Crippen molar-refractivity contribution in [3.8, 4) is 0 Å². The van der Waals surface area contributed by atoms with Crippen LogP contribution in [0.5, 0.6) is 0 Å². The lowest BCUT2D eigenvalue weighted by Gasteiger charge is -2.40. The quantitative estimate of drug-likeness (QED) is 0.795. The van der Waals surface area contributed by atoms with Gasteiger partial charge in [0.25, 0.3) is 0 Å². The summed E-state index contributed by atoms with van der Waals surface area (Å²) in [6.45, 7) is 0. The molecule has 0 saturated carbocycles. The molecule has 0 amide bonds. The van der Waals surface area contributed by atoms with Crippen molar-refractivity contribution in [2.24, 2.45) is 0 Å². The van der Waals surface area contributed by atoms with Crippen LogP contribution in [-0.2, 0) is 0 Å². The van der Waals surface area contributed by atoms with Crippen LogP contribution in [0.3, 0.4) is 0 Å². The van der Waals surface area contributed by atoms with Gasteiger partial charge in [-0.05, 0) is 31.9 Å². The topological polar surface area (TPSA) is 40.5 Å². The van der Waals surface area contributed by atoms with Crippen molar-refractivity contribution in [2.75, 3.05) is 7.05 Å². The van der Waals surface area contributed by atoms with E-state index in [0.29, 0.717) is 19.3 Å². The van der Waals surface area contributed by atoms with Gasteiger partial charge >= 0.3 is 0 Å². The molecule has 0 unspecified atom stereocenters. The average molecular weight is 348 g/mol. The van der Waals surface area contributed by atoms with Crippen LogP contribution in [0.15, 0.2) is 60.4 Å². The molecule has 3 atom stereocenters. The van der Waals surface area contributed by atoms with Crippen LogP contribution in [0, 0.1) is 0 Å². The fraction of sp³-hybridized carbons (Fsp3) is 0.409. The maximum atomic E-state index is 13.0. The van der Waals surface area contributed by atoms with E-state index < -0.39 is 72.3 Å². The molecule has 1 N–H and O–H groups in total. The SMILES string of the molecule is [2H]c1c([2H])c([2H])c(C(=O)C[C@H]2CCC[C@@H](C[C@@H](O)c3c([2H])c([2H])c([2H])c([2H])c3[2H])N2C)c([2H])c1[2H]. The van der Waals surface area contributed by atoms with Gasteiger partial charge in [0, 0.05) is 24.1 Å². The van der Waals surface area contributed by atoms with Crippen LogP contribution in [0.4, 0.5) is 0 Å². The van der Waals surface area contributed by atoms with E-state index in [4.69, 9.17) is 13.7 Å². The number of aliphatic hydroxyl groups excluding tert-OH is 1. The summed E-state index contributed by atoms with van der Waals surface area (Å²) in [7, 11) is 1.76. The molecule has 3 nitrogen and oxygen atoms in total. The number of benzene rings is 2. The molecule has 3 rings (SSSR count). The van der Waals surface area contributed by atoms with Crippen LogP contribution in [-0.4, -0.2) is 34.9 Å². The van der Waals surface area contributed by atoms with Crippen molar-refractivity contribution in [3.63, 3.8) is 0 Å². The lowest BCUT2D eigenvalue weighted by Crippen LogP contribution is -2.45. The number of ketones is 1. The maximum absolute atomic E-state index is 13.0. The van der Waals surface area contributed by atoms with Crippen LogP contribution >= 0.6 is 0 Å². The van der Waals surface area contributed by atoms with Gasteiger partial charge in [-0.15, -0.1) is 0 Å². The van der Waals surface area contributed by atoms with E-state index in [9.17, 15) is 9.90 Å². The Labute approximate surface area is 164 Å². The Morgan fingerprint density at radius 2 is 1.72 bits per heavy atom. The second-order valence-corrected chi connectivity index (χ2v) is 6.32. The molecule has 1 aliphatic rings. The van der Waals surface area contributed by atoms with Crippen molar-refractivity contribution in [1.29, 1.82) is 0 Å². The third-order valence-electron chi connectivity index (χ3n) is 4.77. The number of carbonyl (C=O) groups excluding carboxylic acids is 1. The fourth-order valence-electron chi connectivity index (χ4n) is 3.33. The smallest absolute Gasteiger partial charge is 0.164 e. The van der Waals surface area contributed by atoms with Gasteiger partial charge in [0.05, 0.1) is 19.8 Å². The number of hydrogen-bond donors (Lipinski definition) is 1. The predicted molar refractivity (Wildman–Crippen MR) is 101 cm³/mol. The minimum Gasteiger partial charge on any atom is -0.388 e. The zero-order valence-electron chi connectivity index (χ0n) is 24.1. The van der Waals surface area contributed by atoms with Gasteiger partial charge in [0.2, 0.25) is 0 Å². The van der Waals surface area contributed by atoms with Crippen LogP contribution in [0.25, 0.3) is 0 Å². The monoisotopic (exact) mass is 347 g/mol. The second kappa shape index (κ2) is 8.41. The number of rotatable bonds is 6. The second-order valence-electron chi connectivity index (χ2n) is 6.32. The zero-order chi connectivity index (χ0) is 26.4. The first-order valence-corrected chi connectivity index (χ1v) is 8.36. The minimum atomic E-state index is -1.31. The Balaban J connectivity index is 1.81. The minimum absolute atomic E-state index is 0.0776. The van der Waals surface area contributed by atoms with E-state index in [1.165, 1.54) is 0 Å². The van der Waals surface area contributed by atoms with Gasteiger partial charge in [-0.3, -0.25) is 9.69 Å². The number of piperidine rings is 1. The molecule has 132 valence electrons. The summed E-state index contributed by atoms with van der Waals surface area (Å²) < 4.78 is 78.8. The number of nitrogens with zero attached hydrogens (tertiary/aromatic N) is 1. The third-order valence-corrected chi connectivity index (χ3v) is 4.77. The lowest BCUT2D eigenvalue weighted by molar-refractivity contribution is 0.0549. The maximum Gasteiger partial charge on any atom is 0.164 e. The molecule has 0 spiro atoms. The van der Waals surface area contributed by atoms with Gasteiger partial charge in [-0.1, -0.05) is 66.8 Å². The first kappa shape index (κ1) is 9.11. The molecule has 1 fully saturated rings. The molecule has 0 aromatic heterocycles. The van der Waals surface area contributed by atoms with Gasteiger partial charge in [-0.25, -0.2) is 0 Å². The highest BCUT2D eigenvalue weighted by Crippen LogP contribution is 2.30. The van der Waals surface area contributed by atoms with E-state index in [0.717, 1.165) is 0 Å². The number of Topliss-reactive ketones (excluding diaryl/α,β-unsaturated/α-hetero) is 1. The molecule has 2 aromatic carbocycles. The van der Waals surface area contributed by atoms with E-state index in [-0.39, 0.29) is 36.1 Å². The summed E-state index contributed by atoms with van der Waals surface area (Å²) in [6.07, 6.45) is 0.691. The molecular weight excluding hydrogens is 310 g/mol. The van der Waals surface area contributed by atoms with Crippen molar-refractivity contribution < 1.29 is 23.6 Å². The number of aliphatic hydroxyl groups is 1. The summed E-state index contributed by atoms with van der Waals surface area (Å²) in [5, 5.41) is 10.8. The average Bonchev–Trinajstić information content (AvgIpc) is 2.81. The number of likely N-dealkylation sites (tertiary alicyclic amines) is 1.